The molecule has 1 saturated carbocycles. The Kier molecular flexibility index (Phi) is 3.65. The summed E-state index contributed by atoms with van der Waals surface area (Å²) in [6, 6.07) is 8.97. The van der Waals surface area contributed by atoms with E-state index >= 15 is 0 Å². The van der Waals surface area contributed by atoms with Crippen LogP contribution in [-0.4, -0.2) is 25.7 Å². The van der Waals surface area contributed by atoms with Gasteiger partial charge in [-0.25, -0.2) is 0 Å². The highest BCUT2D eigenvalue weighted by Gasteiger charge is 2.33. The second-order valence-corrected chi connectivity index (χ2v) is 6.03. The average Bonchev–Trinajstić information content (AvgIpc) is 2.38. The second kappa shape index (κ2) is 5.41. The number of ether oxygens (including phenoxy) is 1. The van der Waals surface area contributed by atoms with Crippen molar-refractivity contribution in [2.45, 2.75) is 32.2 Å². The minimum absolute atomic E-state index is 0.436. The van der Waals surface area contributed by atoms with Gasteiger partial charge in [-0.1, -0.05) is 0 Å². The fourth-order valence-corrected chi connectivity index (χ4v) is 3.74. The zero-order valence-electron chi connectivity index (χ0n) is 11.7. The Bertz CT molecular complexity index is 399. The molecule has 1 heterocycles. The fraction of sp³-hybridized carbons (Fsp3) is 0.625. The lowest BCUT2D eigenvalue weighted by molar-refractivity contribution is 0.208. The molecule has 1 saturated heterocycles. The highest BCUT2D eigenvalue weighted by Crippen LogP contribution is 2.36. The van der Waals surface area contributed by atoms with E-state index in [0.29, 0.717) is 6.04 Å². The van der Waals surface area contributed by atoms with E-state index in [9.17, 15) is 0 Å². The maximum Gasteiger partial charge on any atom is 0.119 e. The van der Waals surface area contributed by atoms with Crippen LogP contribution in [0.5, 0.6) is 5.75 Å². The highest BCUT2D eigenvalue weighted by molar-refractivity contribution is 5.49. The zero-order valence-corrected chi connectivity index (χ0v) is 11.7. The average molecular weight is 260 g/mol. The van der Waals surface area contributed by atoms with Crippen molar-refractivity contribution >= 4 is 5.69 Å². The first kappa shape index (κ1) is 12.8. The minimum atomic E-state index is 0.436. The smallest absolute Gasteiger partial charge is 0.119 e. The molecule has 19 heavy (non-hydrogen) atoms. The number of benzene rings is 1. The van der Waals surface area contributed by atoms with Crippen molar-refractivity contribution < 1.29 is 4.74 Å². The lowest BCUT2D eigenvalue weighted by Gasteiger charge is -2.44. The molecule has 2 N–H and O–H groups in total. The van der Waals surface area contributed by atoms with Crippen LogP contribution in [0.1, 0.15) is 26.2 Å². The highest BCUT2D eigenvalue weighted by atomic mass is 16.5. The maximum absolute atomic E-state index is 6.13. The third kappa shape index (κ3) is 2.86. The van der Waals surface area contributed by atoms with Crippen molar-refractivity contribution in [3.8, 4) is 5.75 Å². The standard InChI is InChI=1S/C16H24N2O/c1-2-19-16-5-3-15(4-6-16)18-10-12-7-13(11-18)9-14(17)8-12/h3-6,12-14H,2,7-11,17H2,1H3. The predicted octanol–water partition coefficient (Wildman–Crippen LogP) is 2.65. The van der Waals surface area contributed by atoms with E-state index in [2.05, 4.69) is 29.2 Å². The normalized spacial score (nSPS) is 30.2. The van der Waals surface area contributed by atoms with Crippen LogP contribution in [0.4, 0.5) is 5.69 Å². The molecule has 2 atom stereocenters. The Labute approximate surface area is 115 Å². The monoisotopic (exact) mass is 260 g/mol. The summed E-state index contributed by atoms with van der Waals surface area (Å²) in [5.41, 5.74) is 7.45. The Morgan fingerprint density at radius 3 is 2.32 bits per heavy atom. The molecular weight excluding hydrogens is 236 g/mol. The van der Waals surface area contributed by atoms with Gasteiger partial charge in [-0.2, -0.15) is 0 Å². The van der Waals surface area contributed by atoms with Gasteiger partial charge in [-0.15, -0.1) is 0 Å². The summed E-state index contributed by atoms with van der Waals surface area (Å²) in [5.74, 6) is 2.54. The molecule has 3 heteroatoms. The SMILES string of the molecule is CCOc1ccc(N2CC3CC(N)CC(C3)C2)cc1. The molecule has 0 radical (unpaired) electrons. The van der Waals surface area contributed by atoms with Gasteiger partial charge in [0.15, 0.2) is 0 Å². The Balaban J connectivity index is 1.69. The van der Waals surface area contributed by atoms with Gasteiger partial charge < -0.3 is 15.4 Å². The lowest BCUT2D eigenvalue weighted by Crippen LogP contribution is -2.47. The predicted molar refractivity (Wildman–Crippen MR) is 78.6 cm³/mol. The summed E-state index contributed by atoms with van der Waals surface area (Å²) >= 11 is 0. The first-order valence-corrected chi connectivity index (χ1v) is 7.48. The number of nitrogens with zero attached hydrogens (tertiary/aromatic N) is 1. The van der Waals surface area contributed by atoms with Gasteiger partial charge >= 0.3 is 0 Å². The lowest BCUT2D eigenvalue weighted by atomic mass is 9.75. The summed E-state index contributed by atoms with van der Waals surface area (Å²) in [6.45, 7) is 5.07. The molecule has 1 aliphatic heterocycles. The molecule has 1 aromatic rings. The van der Waals surface area contributed by atoms with Gasteiger partial charge in [0, 0.05) is 24.8 Å². The van der Waals surface area contributed by atoms with Gasteiger partial charge in [-0.05, 0) is 62.3 Å². The molecule has 1 aromatic carbocycles. The van der Waals surface area contributed by atoms with Crippen molar-refractivity contribution in [1.29, 1.82) is 0 Å². The number of hydrogen-bond acceptors (Lipinski definition) is 3. The van der Waals surface area contributed by atoms with Gasteiger partial charge in [0.05, 0.1) is 6.61 Å². The van der Waals surface area contributed by atoms with Gasteiger partial charge in [0.25, 0.3) is 0 Å². The van der Waals surface area contributed by atoms with Crippen molar-refractivity contribution in [1.82, 2.24) is 0 Å². The third-order valence-electron chi connectivity index (χ3n) is 4.41. The van der Waals surface area contributed by atoms with E-state index in [-0.39, 0.29) is 0 Å². The summed E-state index contributed by atoms with van der Waals surface area (Å²) in [5, 5.41) is 0. The van der Waals surface area contributed by atoms with E-state index in [0.717, 1.165) is 37.3 Å². The van der Waals surface area contributed by atoms with Gasteiger partial charge in [-0.3, -0.25) is 0 Å². The number of piperidine rings is 1. The molecule has 2 bridgehead atoms. The number of rotatable bonds is 3. The van der Waals surface area contributed by atoms with Crippen LogP contribution in [0.15, 0.2) is 24.3 Å². The molecule has 0 spiro atoms. The maximum atomic E-state index is 6.13. The van der Waals surface area contributed by atoms with E-state index < -0.39 is 0 Å². The van der Waals surface area contributed by atoms with E-state index in [1.807, 2.05) is 6.92 Å². The Hall–Kier alpha value is -1.22. The molecule has 2 fully saturated rings. The van der Waals surface area contributed by atoms with E-state index in [1.165, 1.54) is 24.9 Å². The van der Waals surface area contributed by atoms with Crippen LogP contribution < -0.4 is 15.4 Å². The summed E-state index contributed by atoms with van der Waals surface area (Å²) in [6.07, 6.45) is 3.77. The van der Waals surface area contributed by atoms with Crippen LogP contribution in [0.2, 0.25) is 0 Å². The molecule has 3 nitrogen and oxygen atoms in total. The molecule has 0 aromatic heterocycles. The third-order valence-corrected chi connectivity index (χ3v) is 4.41. The molecule has 0 amide bonds. The molecular formula is C16H24N2O. The summed E-state index contributed by atoms with van der Waals surface area (Å²) in [7, 11) is 0. The van der Waals surface area contributed by atoms with Gasteiger partial charge in [0.1, 0.15) is 5.75 Å². The van der Waals surface area contributed by atoms with Crippen molar-refractivity contribution in [2.75, 3.05) is 24.6 Å². The first-order chi connectivity index (χ1) is 9.24. The number of anilines is 1. The van der Waals surface area contributed by atoms with Gasteiger partial charge in [0.2, 0.25) is 0 Å². The molecule has 2 unspecified atom stereocenters. The Morgan fingerprint density at radius 2 is 1.74 bits per heavy atom. The largest absolute Gasteiger partial charge is 0.494 e. The van der Waals surface area contributed by atoms with E-state index in [1.54, 1.807) is 0 Å². The molecule has 3 rings (SSSR count). The molecule has 2 aliphatic rings. The number of fused-ring (bicyclic) bond motifs is 2. The fourth-order valence-electron chi connectivity index (χ4n) is 3.74. The minimum Gasteiger partial charge on any atom is -0.494 e. The second-order valence-electron chi connectivity index (χ2n) is 6.03. The van der Waals surface area contributed by atoms with Crippen molar-refractivity contribution in [3.05, 3.63) is 24.3 Å². The first-order valence-electron chi connectivity index (χ1n) is 7.48. The molecule has 1 aliphatic carbocycles. The van der Waals surface area contributed by atoms with Crippen LogP contribution in [0.25, 0.3) is 0 Å². The topological polar surface area (TPSA) is 38.5 Å². The van der Waals surface area contributed by atoms with Crippen molar-refractivity contribution in [2.24, 2.45) is 17.6 Å². The zero-order chi connectivity index (χ0) is 13.2. The van der Waals surface area contributed by atoms with Crippen molar-refractivity contribution in [3.63, 3.8) is 0 Å². The summed E-state index contributed by atoms with van der Waals surface area (Å²) in [4.78, 5) is 2.53. The van der Waals surface area contributed by atoms with Crippen LogP contribution in [0, 0.1) is 11.8 Å². The van der Waals surface area contributed by atoms with Crippen LogP contribution in [0.3, 0.4) is 0 Å². The van der Waals surface area contributed by atoms with Crippen LogP contribution >= 0.6 is 0 Å². The Morgan fingerprint density at radius 1 is 1.11 bits per heavy atom. The van der Waals surface area contributed by atoms with E-state index in [4.69, 9.17) is 10.5 Å². The number of nitrogens with two attached hydrogens (primary N) is 1. The quantitative estimate of drug-likeness (QED) is 0.908. The molecule has 104 valence electrons. The number of hydrogen-bond donors (Lipinski definition) is 1. The van der Waals surface area contributed by atoms with Crippen LogP contribution in [-0.2, 0) is 0 Å². The summed E-state index contributed by atoms with van der Waals surface area (Å²) < 4.78 is 5.50.